The minimum atomic E-state index is -0.501. The Balaban J connectivity index is 2.44. The fraction of sp³-hybridized carbons (Fsp3) is 0.533. The van der Waals surface area contributed by atoms with Gasteiger partial charge in [0.1, 0.15) is 6.04 Å². The highest BCUT2D eigenvalue weighted by molar-refractivity contribution is 5.86. The number of aryl methyl sites for hydroxylation is 2. The molecule has 0 saturated carbocycles. The SMILES string of the molecule is Cc1ccc(N2C(C)CCNC(=O)C2CO)c(C)c1. The number of rotatable bonds is 2. The highest BCUT2D eigenvalue weighted by Gasteiger charge is 2.32. The molecule has 0 radical (unpaired) electrons. The van der Waals surface area contributed by atoms with Crippen molar-refractivity contribution < 1.29 is 9.90 Å². The van der Waals surface area contributed by atoms with Crippen molar-refractivity contribution in [2.24, 2.45) is 0 Å². The molecule has 1 aromatic rings. The van der Waals surface area contributed by atoms with E-state index in [0.717, 1.165) is 17.7 Å². The monoisotopic (exact) mass is 262 g/mol. The fourth-order valence-electron chi connectivity index (χ4n) is 2.77. The number of hydrogen-bond donors (Lipinski definition) is 2. The molecule has 1 amide bonds. The van der Waals surface area contributed by atoms with Gasteiger partial charge in [-0.2, -0.15) is 0 Å². The van der Waals surface area contributed by atoms with Crippen LogP contribution in [0.1, 0.15) is 24.5 Å². The van der Waals surface area contributed by atoms with Crippen LogP contribution in [-0.2, 0) is 4.79 Å². The Morgan fingerprint density at radius 1 is 1.42 bits per heavy atom. The second-order valence-corrected chi connectivity index (χ2v) is 5.32. The predicted octanol–water partition coefficient (Wildman–Crippen LogP) is 1.38. The normalized spacial score (nSPS) is 24.0. The average Bonchev–Trinajstić information content (AvgIpc) is 2.49. The Labute approximate surface area is 114 Å². The molecule has 2 rings (SSSR count). The molecular formula is C15H22N2O2. The lowest BCUT2D eigenvalue weighted by Crippen LogP contribution is -2.49. The van der Waals surface area contributed by atoms with Gasteiger partial charge in [-0.3, -0.25) is 4.79 Å². The van der Waals surface area contributed by atoms with Gasteiger partial charge in [0.25, 0.3) is 0 Å². The zero-order valence-corrected chi connectivity index (χ0v) is 11.8. The number of aliphatic hydroxyl groups excluding tert-OH is 1. The van der Waals surface area contributed by atoms with E-state index < -0.39 is 6.04 Å². The molecule has 1 aliphatic heterocycles. The number of aliphatic hydroxyl groups is 1. The van der Waals surface area contributed by atoms with Gasteiger partial charge in [0, 0.05) is 18.3 Å². The van der Waals surface area contributed by atoms with E-state index in [9.17, 15) is 9.90 Å². The van der Waals surface area contributed by atoms with Crippen LogP contribution in [0.15, 0.2) is 18.2 Å². The highest BCUT2D eigenvalue weighted by atomic mass is 16.3. The molecule has 2 N–H and O–H groups in total. The van der Waals surface area contributed by atoms with Crippen molar-refractivity contribution in [2.45, 2.75) is 39.3 Å². The van der Waals surface area contributed by atoms with Crippen molar-refractivity contribution in [3.8, 4) is 0 Å². The second-order valence-electron chi connectivity index (χ2n) is 5.32. The average molecular weight is 262 g/mol. The molecular weight excluding hydrogens is 240 g/mol. The van der Waals surface area contributed by atoms with Crippen molar-refractivity contribution >= 4 is 11.6 Å². The first-order chi connectivity index (χ1) is 9.04. The van der Waals surface area contributed by atoms with E-state index >= 15 is 0 Å². The Bertz CT molecular complexity index is 473. The molecule has 4 nitrogen and oxygen atoms in total. The van der Waals surface area contributed by atoms with Crippen LogP contribution in [0.5, 0.6) is 0 Å². The summed E-state index contributed by atoms with van der Waals surface area (Å²) in [4.78, 5) is 14.1. The van der Waals surface area contributed by atoms with Gasteiger partial charge in [-0.1, -0.05) is 17.7 Å². The van der Waals surface area contributed by atoms with E-state index in [1.165, 1.54) is 5.56 Å². The molecule has 1 saturated heterocycles. The van der Waals surface area contributed by atoms with Gasteiger partial charge in [0.05, 0.1) is 6.61 Å². The lowest BCUT2D eigenvalue weighted by atomic mass is 10.0. The molecule has 2 unspecified atom stereocenters. The largest absolute Gasteiger partial charge is 0.394 e. The first-order valence-corrected chi connectivity index (χ1v) is 6.78. The van der Waals surface area contributed by atoms with E-state index in [-0.39, 0.29) is 18.6 Å². The van der Waals surface area contributed by atoms with Crippen molar-refractivity contribution in [1.29, 1.82) is 0 Å². The zero-order chi connectivity index (χ0) is 14.0. The van der Waals surface area contributed by atoms with E-state index in [1.807, 2.05) is 19.1 Å². The lowest BCUT2D eigenvalue weighted by Gasteiger charge is -2.35. The van der Waals surface area contributed by atoms with Gasteiger partial charge < -0.3 is 15.3 Å². The molecule has 1 aliphatic rings. The summed E-state index contributed by atoms with van der Waals surface area (Å²) in [5.41, 5.74) is 3.38. The highest BCUT2D eigenvalue weighted by Crippen LogP contribution is 2.27. The van der Waals surface area contributed by atoms with E-state index in [4.69, 9.17) is 0 Å². The molecule has 1 aromatic carbocycles. The van der Waals surface area contributed by atoms with Crippen LogP contribution < -0.4 is 10.2 Å². The van der Waals surface area contributed by atoms with Gasteiger partial charge in [0.2, 0.25) is 5.91 Å². The van der Waals surface area contributed by atoms with Crippen LogP contribution in [0.25, 0.3) is 0 Å². The minimum absolute atomic E-state index is 0.0909. The Hall–Kier alpha value is -1.55. The number of anilines is 1. The maximum Gasteiger partial charge on any atom is 0.245 e. The molecule has 0 spiro atoms. The van der Waals surface area contributed by atoms with Crippen molar-refractivity contribution in [2.75, 3.05) is 18.1 Å². The molecule has 0 aromatic heterocycles. The van der Waals surface area contributed by atoms with Crippen LogP contribution in [0.4, 0.5) is 5.69 Å². The number of carbonyl (C=O) groups is 1. The van der Waals surface area contributed by atoms with Crippen LogP contribution >= 0.6 is 0 Å². The Kier molecular flexibility index (Phi) is 4.10. The number of nitrogens with one attached hydrogen (secondary N) is 1. The molecule has 19 heavy (non-hydrogen) atoms. The maximum atomic E-state index is 12.0. The van der Waals surface area contributed by atoms with Gasteiger partial charge in [-0.05, 0) is 38.8 Å². The topological polar surface area (TPSA) is 52.6 Å². The van der Waals surface area contributed by atoms with Gasteiger partial charge in [-0.25, -0.2) is 0 Å². The summed E-state index contributed by atoms with van der Waals surface area (Å²) < 4.78 is 0. The van der Waals surface area contributed by atoms with Crippen LogP contribution in [0, 0.1) is 13.8 Å². The third kappa shape index (κ3) is 2.73. The fourth-order valence-corrected chi connectivity index (χ4v) is 2.77. The van der Waals surface area contributed by atoms with Crippen molar-refractivity contribution in [1.82, 2.24) is 5.32 Å². The Morgan fingerprint density at radius 3 is 2.79 bits per heavy atom. The first-order valence-electron chi connectivity index (χ1n) is 6.78. The first kappa shape index (κ1) is 13.9. The maximum absolute atomic E-state index is 12.0. The predicted molar refractivity (Wildman–Crippen MR) is 76.4 cm³/mol. The number of nitrogens with zero attached hydrogens (tertiary/aromatic N) is 1. The molecule has 4 heteroatoms. The van der Waals surface area contributed by atoms with E-state index in [0.29, 0.717) is 6.54 Å². The van der Waals surface area contributed by atoms with Gasteiger partial charge in [0.15, 0.2) is 0 Å². The zero-order valence-electron chi connectivity index (χ0n) is 11.8. The molecule has 104 valence electrons. The van der Waals surface area contributed by atoms with E-state index in [1.54, 1.807) is 0 Å². The van der Waals surface area contributed by atoms with Crippen LogP contribution in [0.2, 0.25) is 0 Å². The summed E-state index contributed by atoms with van der Waals surface area (Å²) >= 11 is 0. The van der Waals surface area contributed by atoms with Gasteiger partial charge in [-0.15, -0.1) is 0 Å². The number of amides is 1. The molecule has 0 bridgehead atoms. The van der Waals surface area contributed by atoms with Crippen molar-refractivity contribution in [3.05, 3.63) is 29.3 Å². The summed E-state index contributed by atoms with van der Waals surface area (Å²) in [5, 5.41) is 12.4. The summed E-state index contributed by atoms with van der Waals surface area (Å²) in [6.07, 6.45) is 0.884. The summed E-state index contributed by atoms with van der Waals surface area (Å²) in [6, 6.07) is 5.92. The second kappa shape index (κ2) is 5.61. The number of benzene rings is 1. The number of hydrogen-bond acceptors (Lipinski definition) is 3. The minimum Gasteiger partial charge on any atom is -0.394 e. The number of carbonyl (C=O) groups excluding carboxylic acids is 1. The van der Waals surface area contributed by atoms with Crippen LogP contribution in [0.3, 0.4) is 0 Å². The third-order valence-corrected chi connectivity index (χ3v) is 3.78. The molecule has 1 heterocycles. The standard InChI is InChI=1S/C15H22N2O2/c1-10-4-5-13(11(2)8-10)17-12(3)6-7-16-15(19)14(17)9-18/h4-5,8,12,14,18H,6-7,9H2,1-3H3,(H,16,19). The summed E-state index contributed by atoms with van der Waals surface area (Å²) in [5.74, 6) is -0.0909. The van der Waals surface area contributed by atoms with Gasteiger partial charge >= 0.3 is 0 Å². The van der Waals surface area contributed by atoms with Crippen molar-refractivity contribution in [3.63, 3.8) is 0 Å². The van der Waals surface area contributed by atoms with E-state index in [2.05, 4.69) is 30.1 Å². The summed E-state index contributed by atoms with van der Waals surface area (Å²) in [7, 11) is 0. The van der Waals surface area contributed by atoms with Crippen LogP contribution in [-0.4, -0.2) is 36.2 Å². The molecule has 1 fully saturated rings. The Morgan fingerprint density at radius 2 is 2.16 bits per heavy atom. The summed E-state index contributed by atoms with van der Waals surface area (Å²) in [6.45, 7) is 6.70. The molecule has 0 aliphatic carbocycles. The quantitative estimate of drug-likeness (QED) is 0.846. The molecule has 2 atom stereocenters. The lowest BCUT2D eigenvalue weighted by molar-refractivity contribution is -0.122. The smallest absolute Gasteiger partial charge is 0.245 e. The third-order valence-electron chi connectivity index (χ3n) is 3.78.